The molecule has 2 aromatic rings. The van der Waals surface area contributed by atoms with E-state index in [0.29, 0.717) is 6.61 Å². The van der Waals surface area contributed by atoms with E-state index in [1.165, 1.54) is 0 Å². The molecule has 0 saturated heterocycles. The number of hydrogen-bond acceptors (Lipinski definition) is 3. The van der Waals surface area contributed by atoms with Crippen molar-refractivity contribution in [3.05, 3.63) is 59.1 Å². The molecule has 0 saturated carbocycles. The number of rotatable bonds is 9. The monoisotopic (exact) mass is 385 g/mol. The molecule has 3 nitrogen and oxygen atoms in total. The fourth-order valence-corrected chi connectivity index (χ4v) is 2.22. The summed E-state index contributed by atoms with van der Waals surface area (Å²) in [6.07, 6.45) is 0.976. The lowest BCUT2D eigenvalue weighted by Crippen LogP contribution is -2.23. The molecule has 0 heterocycles. The van der Waals surface area contributed by atoms with Crippen molar-refractivity contribution in [1.29, 1.82) is 0 Å². The molecule has 120 valence electrons. The van der Waals surface area contributed by atoms with Crippen molar-refractivity contribution in [2.75, 3.05) is 26.3 Å². The lowest BCUT2D eigenvalue weighted by atomic mass is 10.3. The average molecular weight is 387 g/mol. The zero-order valence-electron chi connectivity index (χ0n) is 12.3. The van der Waals surface area contributed by atoms with Crippen LogP contribution < -0.4 is 14.8 Å². The van der Waals surface area contributed by atoms with Crippen molar-refractivity contribution in [3.8, 4) is 11.5 Å². The van der Waals surface area contributed by atoms with Gasteiger partial charge in [0.15, 0.2) is 0 Å². The summed E-state index contributed by atoms with van der Waals surface area (Å²) in [5.41, 5.74) is 0. The third kappa shape index (κ3) is 7.16. The Balaban J connectivity index is 0.00000242. The van der Waals surface area contributed by atoms with Crippen LogP contribution in [0.4, 0.5) is 0 Å². The van der Waals surface area contributed by atoms with Gasteiger partial charge in [0.25, 0.3) is 0 Å². The van der Waals surface area contributed by atoms with Gasteiger partial charge >= 0.3 is 0 Å². The van der Waals surface area contributed by atoms with Crippen molar-refractivity contribution in [3.63, 3.8) is 0 Å². The van der Waals surface area contributed by atoms with Gasteiger partial charge < -0.3 is 14.8 Å². The van der Waals surface area contributed by atoms with Crippen LogP contribution in [0.25, 0.3) is 0 Å². The maximum atomic E-state index is 5.67. The first-order chi connectivity index (χ1) is 10.4. The first-order valence-electron chi connectivity index (χ1n) is 7.12. The predicted octanol–water partition coefficient (Wildman–Crippen LogP) is 4.31. The van der Waals surface area contributed by atoms with Gasteiger partial charge in [-0.15, -0.1) is 12.4 Å². The molecule has 0 amide bonds. The van der Waals surface area contributed by atoms with Crippen LogP contribution in [0.2, 0.25) is 0 Å². The van der Waals surface area contributed by atoms with E-state index in [1.54, 1.807) is 0 Å². The van der Waals surface area contributed by atoms with Crippen molar-refractivity contribution in [2.45, 2.75) is 6.42 Å². The fourth-order valence-electron chi connectivity index (χ4n) is 1.82. The molecule has 0 unspecified atom stereocenters. The molecule has 2 rings (SSSR count). The number of ether oxygens (including phenoxy) is 2. The maximum Gasteiger partial charge on any atom is 0.133 e. The van der Waals surface area contributed by atoms with Gasteiger partial charge in [0.05, 0.1) is 11.1 Å². The first-order valence-corrected chi connectivity index (χ1v) is 7.91. The molecular weight excluding hydrogens is 366 g/mol. The Morgan fingerprint density at radius 1 is 0.818 bits per heavy atom. The number of nitrogens with one attached hydrogen (secondary N) is 1. The van der Waals surface area contributed by atoms with Gasteiger partial charge in [-0.3, -0.25) is 0 Å². The van der Waals surface area contributed by atoms with Crippen LogP contribution in [0.5, 0.6) is 11.5 Å². The van der Waals surface area contributed by atoms with E-state index in [1.807, 2.05) is 54.6 Å². The molecule has 0 atom stereocenters. The van der Waals surface area contributed by atoms with Gasteiger partial charge in [0.1, 0.15) is 18.1 Å². The lowest BCUT2D eigenvalue weighted by Gasteiger charge is -2.09. The van der Waals surface area contributed by atoms with Gasteiger partial charge in [-0.05, 0) is 53.2 Å². The van der Waals surface area contributed by atoms with Gasteiger partial charge in [-0.1, -0.05) is 30.3 Å². The van der Waals surface area contributed by atoms with E-state index in [2.05, 4.69) is 21.2 Å². The van der Waals surface area contributed by atoms with Gasteiger partial charge in [-0.2, -0.15) is 0 Å². The first kappa shape index (κ1) is 18.8. The zero-order valence-corrected chi connectivity index (χ0v) is 14.7. The van der Waals surface area contributed by atoms with E-state index in [4.69, 9.17) is 9.47 Å². The highest BCUT2D eigenvalue weighted by atomic mass is 79.9. The van der Waals surface area contributed by atoms with Gasteiger partial charge in [0.2, 0.25) is 0 Å². The molecule has 1 N–H and O–H groups in total. The maximum absolute atomic E-state index is 5.67. The largest absolute Gasteiger partial charge is 0.494 e. The SMILES string of the molecule is Brc1ccccc1OCCNCCCOc1ccccc1.Cl. The molecular formula is C17H21BrClNO2. The van der Waals surface area contributed by atoms with E-state index in [-0.39, 0.29) is 12.4 Å². The molecule has 22 heavy (non-hydrogen) atoms. The smallest absolute Gasteiger partial charge is 0.133 e. The standard InChI is InChI=1S/C17H20BrNO2.ClH/c18-16-9-4-5-10-17(16)21-14-12-19-11-6-13-20-15-7-2-1-3-8-15;/h1-5,7-10,19H,6,11-14H2;1H. The molecule has 0 aliphatic rings. The van der Waals surface area contributed by atoms with Crippen LogP contribution in [0.1, 0.15) is 6.42 Å². The molecule has 0 aliphatic heterocycles. The Labute approximate surface area is 146 Å². The van der Waals surface area contributed by atoms with E-state index < -0.39 is 0 Å². The summed E-state index contributed by atoms with van der Waals surface area (Å²) in [7, 11) is 0. The summed E-state index contributed by atoms with van der Waals surface area (Å²) < 4.78 is 12.3. The molecule has 5 heteroatoms. The van der Waals surface area contributed by atoms with Crippen LogP contribution in [-0.4, -0.2) is 26.3 Å². The number of hydrogen-bond donors (Lipinski definition) is 1. The highest BCUT2D eigenvalue weighted by Gasteiger charge is 1.98. The Morgan fingerprint density at radius 2 is 1.55 bits per heavy atom. The molecule has 0 aromatic heterocycles. The van der Waals surface area contributed by atoms with E-state index in [9.17, 15) is 0 Å². The van der Waals surface area contributed by atoms with Crippen molar-refractivity contribution in [1.82, 2.24) is 5.32 Å². The second-order valence-corrected chi connectivity index (χ2v) is 5.40. The third-order valence-corrected chi connectivity index (χ3v) is 3.54. The van der Waals surface area contributed by atoms with Gasteiger partial charge in [0, 0.05) is 6.54 Å². The quantitative estimate of drug-likeness (QED) is 0.652. The number of benzene rings is 2. The highest BCUT2D eigenvalue weighted by molar-refractivity contribution is 9.10. The molecule has 0 fully saturated rings. The molecule has 0 bridgehead atoms. The summed E-state index contributed by atoms with van der Waals surface area (Å²) in [6.45, 7) is 3.13. The fraction of sp³-hybridized carbons (Fsp3) is 0.294. The Kier molecular flexibility index (Phi) is 9.71. The van der Waals surface area contributed by atoms with Gasteiger partial charge in [-0.25, -0.2) is 0 Å². The summed E-state index contributed by atoms with van der Waals surface area (Å²) in [5, 5.41) is 3.34. The van der Waals surface area contributed by atoms with Crippen molar-refractivity contribution in [2.24, 2.45) is 0 Å². The topological polar surface area (TPSA) is 30.5 Å². The normalized spacial score (nSPS) is 9.86. The highest BCUT2D eigenvalue weighted by Crippen LogP contribution is 2.23. The number of halogens is 2. The number of para-hydroxylation sites is 2. The zero-order chi connectivity index (χ0) is 14.8. The minimum Gasteiger partial charge on any atom is -0.494 e. The average Bonchev–Trinajstić information content (AvgIpc) is 2.52. The summed E-state index contributed by atoms with van der Waals surface area (Å²) in [6, 6.07) is 17.8. The predicted molar refractivity (Wildman–Crippen MR) is 96.3 cm³/mol. The lowest BCUT2D eigenvalue weighted by molar-refractivity contribution is 0.293. The minimum atomic E-state index is 0. The van der Waals surface area contributed by atoms with E-state index in [0.717, 1.165) is 42.1 Å². The Hall–Kier alpha value is -1.23. The van der Waals surface area contributed by atoms with Crippen LogP contribution in [0, 0.1) is 0 Å². The van der Waals surface area contributed by atoms with E-state index >= 15 is 0 Å². The van der Waals surface area contributed by atoms with Crippen LogP contribution in [0.3, 0.4) is 0 Å². The van der Waals surface area contributed by atoms with Crippen molar-refractivity contribution < 1.29 is 9.47 Å². The second-order valence-electron chi connectivity index (χ2n) is 4.54. The third-order valence-electron chi connectivity index (χ3n) is 2.88. The minimum absolute atomic E-state index is 0. The molecule has 0 aliphatic carbocycles. The summed E-state index contributed by atoms with van der Waals surface area (Å²) in [4.78, 5) is 0. The van der Waals surface area contributed by atoms with Crippen LogP contribution in [0.15, 0.2) is 59.1 Å². The van der Waals surface area contributed by atoms with Crippen LogP contribution in [-0.2, 0) is 0 Å². The second kappa shape index (κ2) is 11.4. The summed E-state index contributed by atoms with van der Waals surface area (Å²) in [5.74, 6) is 1.81. The van der Waals surface area contributed by atoms with Crippen molar-refractivity contribution >= 4 is 28.3 Å². The molecule has 2 aromatic carbocycles. The summed E-state index contributed by atoms with van der Waals surface area (Å²) >= 11 is 3.46. The Morgan fingerprint density at radius 3 is 2.32 bits per heavy atom. The molecule has 0 spiro atoms. The molecule has 0 radical (unpaired) electrons. The Bertz CT molecular complexity index is 525. The van der Waals surface area contributed by atoms with Crippen LogP contribution >= 0.6 is 28.3 Å².